The topological polar surface area (TPSA) is 128 Å². The molecule has 1 aromatic carbocycles. The van der Waals surface area contributed by atoms with Gasteiger partial charge >= 0.3 is 5.97 Å². The van der Waals surface area contributed by atoms with Crippen LogP contribution < -0.4 is 5.32 Å². The number of aromatic nitrogens is 2. The maximum absolute atomic E-state index is 12.1. The molecule has 182 valence electrons. The van der Waals surface area contributed by atoms with E-state index in [0.717, 1.165) is 5.69 Å². The second-order valence-corrected chi connectivity index (χ2v) is 8.96. The van der Waals surface area contributed by atoms with Gasteiger partial charge in [0.15, 0.2) is 9.84 Å². The quantitative estimate of drug-likeness (QED) is 0.642. The molecular formula is C22H32N4O6S. The number of carbonyl (C=O) groups is 3. The minimum Gasteiger partial charge on any atom is -0.469 e. The van der Waals surface area contributed by atoms with Crippen molar-refractivity contribution in [2.24, 2.45) is 0 Å². The van der Waals surface area contributed by atoms with E-state index in [-0.39, 0.29) is 43.0 Å². The van der Waals surface area contributed by atoms with E-state index in [9.17, 15) is 22.8 Å². The Kier molecular flexibility index (Phi) is 11.8. The van der Waals surface area contributed by atoms with Crippen LogP contribution in [0.5, 0.6) is 0 Å². The van der Waals surface area contributed by atoms with Crippen LogP contribution in [0.3, 0.4) is 0 Å². The minimum absolute atomic E-state index is 0.0312. The zero-order chi connectivity index (χ0) is 24.9. The van der Waals surface area contributed by atoms with Gasteiger partial charge < -0.3 is 15.0 Å². The summed E-state index contributed by atoms with van der Waals surface area (Å²) in [7, 11) is -1.66. The summed E-state index contributed by atoms with van der Waals surface area (Å²) in [5, 5.41) is 6.68. The van der Waals surface area contributed by atoms with Gasteiger partial charge in [0.25, 0.3) is 5.91 Å². The van der Waals surface area contributed by atoms with Crippen molar-refractivity contribution < 1.29 is 27.5 Å². The lowest BCUT2D eigenvalue weighted by Gasteiger charge is -2.26. The van der Waals surface area contributed by atoms with Crippen molar-refractivity contribution in [2.45, 2.75) is 27.2 Å². The molecule has 1 N–H and O–H groups in total. The van der Waals surface area contributed by atoms with Gasteiger partial charge in [-0.3, -0.25) is 14.4 Å². The summed E-state index contributed by atoms with van der Waals surface area (Å²) in [5.74, 6) is -0.915. The molecular weight excluding hydrogens is 448 g/mol. The molecule has 11 heteroatoms. The molecule has 3 rings (SSSR count). The smallest absolute Gasteiger partial charge is 0.305 e. The molecule has 1 saturated heterocycles. The highest BCUT2D eigenvalue weighted by Gasteiger charge is 2.25. The van der Waals surface area contributed by atoms with E-state index in [1.165, 1.54) is 18.2 Å². The molecule has 0 saturated carbocycles. The summed E-state index contributed by atoms with van der Waals surface area (Å²) in [6, 6.07) is 9.35. The van der Waals surface area contributed by atoms with Crippen LogP contribution in [0.25, 0.3) is 5.69 Å². The molecule has 0 unspecified atom stereocenters. The Labute approximate surface area is 194 Å². The minimum atomic E-state index is -3.04. The van der Waals surface area contributed by atoms with Crippen LogP contribution in [0, 0.1) is 0 Å². The fourth-order valence-electron chi connectivity index (χ4n) is 2.64. The van der Waals surface area contributed by atoms with Gasteiger partial charge in [-0.2, -0.15) is 5.10 Å². The lowest BCUT2D eigenvalue weighted by Crippen LogP contribution is -2.47. The highest BCUT2D eigenvalue weighted by atomic mass is 32.2. The largest absolute Gasteiger partial charge is 0.469 e. The van der Waals surface area contributed by atoms with E-state index in [1.807, 2.05) is 44.2 Å². The second kappa shape index (κ2) is 14.0. The summed E-state index contributed by atoms with van der Waals surface area (Å²) < 4.78 is 28.6. The van der Waals surface area contributed by atoms with E-state index in [4.69, 9.17) is 0 Å². The Morgan fingerprint density at radius 1 is 1.09 bits per heavy atom. The first kappa shape index (κ1) is 27.8. The lowest BCUT2D eigenvalue weighted by atomic mass is 10.3. The molecule has 1 aromatic heterocycles. The summed E-state index contributed by atoms with van der Waals surface area (Å²) in [4.78, 5) is 35.6. The van der Waals surface area contributed by atoms with Crippen molar-refractivity contribution in [3.63, 3.8) is 0 Å². The van der Waals surface area contributed by atoms with Crippen molar-refractivity contribution in [1.29, 1.82) is 0 Å². The molecule has 0 aliphatic carbocycles. The Morgan fingerprint density at radius 2 is 1.70 bits per heavy atom. The van der Waals surface area contributed by atoms with Crippen molar-refractivity contribution in [3.8, 4) is 5.69 Å². The van der Waals surface area contributed by atoms with E-state index < -0.39 is 15.7 Å². The van der Waals surface area contributed by atoms with Crippen molar-refractivity contribution in [2.75, 3.05) is 38.2 Å². The Hall–Kier alpha value is -3.21. The number of ether oxygens (including phenoxy) is 1. The predicted octanol–water partition coefficient (Wildman–Crippen LogP) is 1.45. The fraction of sp³-hybridized carbons (Fsp3) is 0.455. The molecule has 0 spiro atoms. The third-order valence-electron chi connectivity index (χ3n) is 4.48. The molecule has 0 radical (unpaired) electrons. The lowest BCUT2D eigenvalue weighted by molar-refractivity contribution is -0.140. The molecule has 1 aliphatic rings. The number of carbonyl (C=O) groups excluding carboxylic acids is 3. The maximum atomic E-state index is 12.1. The number of benzene rings is 1. The average Bonchev–Trinajstić information content (AvgIpc) is 3.34. The highest BCUT2D eigenvalue weighted by Crippen LogP contribution is 2.08. The normalized spacial score (nSPS) is 14.0. The predicted molar refractivity (Wildman–Crippen MR) is 125 cm³/mol. The van der Waals surface area contributed by atoms with E-state index in [1.54, 1.807) is 17.8 Å². The van der Waals surface area contributed by atoms with Gasteiger partial charge in [-0.15, -0.1) is 0 Å². The number of nitrogens with one attached hydrogen (secondary N) is 1. The first-order valence-electron chi connectivity index (χ1n) is 10.7. The molecule has 0 bridgehead atoms. The van der Waals surface area contributed by atoms with E-state index >= 15 is 0 Å². The van der Waals surface area contributed by atoms with Gasteiger partial charge in [0, 0.05) is 25.7 Å². The second-order valence-electron chi connectivity index (χ2n) is 6.65. The molecule has 1 aliphatic heterocycles. The number of methoxy groups -OCH3 is 1. The van der Waals surface area contributed by atoms with Crippen LogP contribution in [-0.4, -0.2) is 79.1 Å². The van der Waals surface area contributed by atoms with Crippen molar-refractivity contribution in [3.05, 3.63) is 48.3 Å². The number of amides is 2. The third-order valence-corrected chi connectivity index (χ3v) is 6.09. The van der Waals surface area contributed by atoms with Gasteiger partial charge in [-0.1, -0.05) is 39.0 Å². The Bertz CT molecular complexity index is 985. The molecule has 2 aromatic rings. The first-order chi connectivity index (χ1) is 15.8. The molecule has 0 atom stereocenters. The van der Waals surface area contributed by atoms with Gasteiger partial charge in [0.1, 0.15) is 0 Å². The van der Waals surface area contributed by atoms with Gasteiger partial charge in [-0.05, 0) is 12.1 Å². The molecule has 33 heavy (non-hydrogen) atoms. The van der Waals surface area contributed by atoms with Crippen LogP contribution in [0.15, 0.2) is 42.7 Å². The Balaban J connectivity index is 0.000000593. The number of hydrogen-bond acceptors (Lipinski definition) is 7. The third kappa shape index (κ3) is 9.44. The molecule has 2 heterocycles. The van der Waals surface area contributed by atoms with Crippen molar-refractivity contribution >= 4 is 27.6 Å². The summed E-state index contributed by atoms with van der Waals surface area (Å²) in [6.45, 7) is 5.92. The standard InChI is InChI=1S/C16H18N4O4S.C4H8O2.C2H6/c21-15(19-6-8-25(23,24)9-7-19)11-17-16(22)13-10-18-20(12-13)14-4-2-1-3-5-14;1-3-4(5)6-2;1-2/h1-5,10,12H,6-9,11H2,(H,17,22);3H2,1-2H3;1-2H3. The molecule has 10 nitrogen and oxygen atoms in total. The van der Waals surface area contributed by atoms with E-state index in [0.29, 0.717) is 12.0 Å². The fourth-order valence-corrected chi connectivity index (χ4v) is 3.84. The van der Waals surface area contributed by atoms with Crippen LogP contribution in [-0.2, 0) is 24.2 Å². The SMILES string of the molecule is CC.CCC(=O)OC.O=C(NCC(=O)N1CCS(=O)(=O)CC1)c1cnn(-c2ccccc2)c1. The van der Waals surface area contributed by atoms with Crippen LogP contribution in [0.1, 0.15) is 37.6 Å². The number of nitrogens with zero attached hydrogens (tertiary/aromatic N) is 3. The van der Waals surface area contributed by atoms with Crippen LogP contribution in [0.4, 0.5) is 0 Å². The van der Waals surface area contributed by atoms with Gasteiger partial charge in [-0.25, -0.2) is 13.1 Å². The average molecular weight is 481 g/mol. The van der Waals surface area contributed by atoms with E-state index in [2.05, 4.69) is 15.2 Å². The number of sulfone groups is 1. The number of para-hydroxylation sites is 1. The summed E-state index contributed by atoms with van der Waals surface area (Å²) in [5.41, 5.74) is 1.17. The number of esters is 1. The molecule has 2 amide bonds. The zero-order valence-corrected chi connectivity index (χ0v) is 20.3. The number of rotatable bonds is 5. The molecule has 1 fully saturated rings. The van der Waals surface area contributed by atoms with Gasteiger partial charge in [0.2, 0.25) is 5.91 Å². The Morgan fingerprint density at radius 3 is 2.21 bits per heavy atom. The monoisotopic (exact) mass is 480 g/mol. The van der Waals surface area contributed by atoms with Crippen molar-refractivity contribution in [1.82, 2.24) is 20.0 Å². The highest BCUT2D eigenvalue weighted by molar-refractivity contribution is 7.91. The summed E-state index contributed by atoms with van der Waals surface area (Å²) >= 11 is 0. The zero-order valence-electron chi connectivity index (χ0n) is 19.5. The first-order valence-corrected chi connectivity index (χ1v) is 12.5. The maximum Gasteiger partial charge on any atom is 0.305 e. The van der Waals surface area contributed by atoms with Crippen LogP contribution >= 0.6 is 0 Å². The summed E-state index contributed by atoms with van der Waals surface area (Å²) in [6.07, 6.45) is 3.49. The van der Waals surface area contributed by atoms with Gasteiger partial charge in [0.05, 0.1) is 42.6 Å². The number of hydrogen-bond donors (Lipinski definition) is 1. The van der Waals surface area contributed by atoms with Crippen LogP contribution in [0.2, 0.25) is 0 Å².